The van der Waals surface area contributed by atoms with Crippen LogP contribution in [0.1, 0.15) is 31.7 Å². The lowest BCUT2D eigenvalue weighted by Crippen LogP contribution is -2.18. The van der Waals surface area contributed by atoms with Crippen molar-refractivity contribution in [3.8, 4) is 11.4 Å². The van der Waals surface area contributed by atoms with Crippen LogP contribution in [0.3, 0.4) is 0 Å². The number of nitrogens with two attached hydrogens (primary N) is 1. The van der Waals surface area contributed by atoms with Crippen LogP contribution in [0.15, 0.2) is 18.2 Å². The number of benzene rings is 1. The number of fused-ring (bicyclic) bond motifs is 2. The number of halogens is 1. The van der Waals surface area contributed by atoms with Crippen LogP contribution in [-0.4, -0.2) is 20.2 Å². The van der Waals surface area contributed by atoms with Crippen molar-refractivity contribution >= 4 is 5.69 Å². The normalized spacial score (nSPS) is 28.1. The number of anilines is 1. The minimum absolute atomic E-state index is 0.315. The number of hydrogen-bond donors (Lipinski definition) is 1. The highest BCUT2D eigenvalue weighted by atomic mass is 19.1. The Balaban J connectivity index is 1.75. The van der Waals surface area contributed by atoms with Crippen LogP contribution < -0.4 is 5.73 Å². The summed E-state index contributed by atoms with van der Waals surface area (Å²) in [6, 6.07) is 4.96. The van der Waals surface area contributed by atoms with Crippen LogP contribution in [0, 0.1) is 17.7 Å². The largest absolute Gasteiger partial charge is 0.399 e. The Morgan fingerprint density at radius 2 is 2.15 bits per heavy atom. The fraction of sp³-hybridized carbons (Fsp3) is 0.500. The molecule has 0 saturated heterocycles. The standard InChI is InChI=1S/C14H16FN5/c15-12-7-10(16)3-4-11(12)14-17-18-19-20(14)13-6-8-1-2-9(13)5-8/h3-4,7-9,13H,1-2,5-6,16H2. The van der Waals surface area contributed by atoms with Gasteiger partial charge in [0.15, 0.2) is 5.82 Å². The summed E-state index contributed by atoms with van der Waals surface area (Å²) in [5, 5.41) is 11.9. The van der Waals surface area contributed by atoms with Gasteiger partial charge in [0.2, 0.25) is 0 Å². The van der Waals surface area contributed by atoms with Gasteiger partial charge in [0.1, 0.15) is 5.82 Å². The van der Waals surface area contributed by atoms with E-state index < -0.39 is 0 Å². The molecule has 2 fully saturated rings. The first-order valence-electron chi connectivity index (χ1n) is 7.05. The lowest BCUT2D eigenvalue weighted by Gasteiger charge is -2.22. The smallest absolute Gasteiger partial charge is 0.185 e. The number of rotatable bonds is 2. The first-order chi connectivity index (χ1) is 9.72. The number of aromatic nitrogens is 4. The zero-order valence-corrected chi connectivity index (χ0v) is 11.0. The molecule has 2 aromatic rings. The molecule has 0 aliphatic heterocycles. The molecule has 1 aromatic carbocycles. The van der Waals surface area contributed by atoms with E-state index in [4.69, 9.17) is 5.73 Å². The van der Waals surface area contributed by atoms with Crippen LogP contribution in [0.25, 0.3) is 11.4 Å². The topological polar surface area (TPSA) is 69.6 Å². The van der Waals surface area contributed by atoms with Gasteiger partial charge in [0.05, 0.1) is 11.6 Å². The highest BCUT2D eigenvalue weighted by molar-refractivity contribution is 5.59. The Kier molecular flexibility index (Phi) is 2.52. The monoisotopic (exact) mass is 273 g/mol. The molecule has 0 radical (unpaired) electrons. The summed E-state index contributed by atoms with van der Waals surface area (Å²) in [5.74, 6) is 1.57. The molecule has 1 aromatic heterocycles. The second kappa shape index (κ2) is 4.26. The third kappa shape index (κ3) is 1.71. The van der Waals surface area contributed by atoms with Gasteiger partial charge in [-0.05, 0) is 59.7 Å². The van der Waals surface area contributed by atoms with Crippen molar-refractivity contribution in [1.29, 1.82) is 0 Å². The van der Waals surface area contributed by atoms with E-state index in [1.54, 1.807) is 12.1 Å². The molecule has 2 saturated carbocycles. The SMILES string of the molecule is Nc1ccc(-c2nnnn2C2CC3CCC2C3)c(F)c1. The molecule has 5 nitrogen and oxygen atoms in total. The third-order valence-electron chi connectivity index (χ3n) is 4.74. The van der Waals surface area contributed by atoms with E-state index in [0.29, 0.717) is 29.0 Å². The first-order valence-corrected chi connectivity index (χ1v) is 7.05. The fourth-order valence-corrected chi connectivity index (χ4v) is 3.82. The number of nitrogens with zero attached hydrogens (tertiary/aromatic N) is 4. The average Bonchev–Trinajstić information content (AvgIpc) is 3.14. The molecular weight excluding hydrogens is 257 g/mol. The number of hydrogen-bond acceptors (Lipinski definition) is 4. The van der Waals surface area contributed by atoms with E-state index in [2.05, 4.69) is 15.5 Å². The van der Waals surface area contributed by atoms with E-state index in [9.17, 15) is 4.39 Å². The van der Waals surface area contributed by atoms with E-state index >= 15 is 0 Å². The van der Waals surface area contributed by atoms with Gasteiger partial charge in [-0.3, -0.25) is 0 Å². The molecule has 2 bridgehead atoms. The van der Waals surface area contributed by atoms with Gasteiger partial charge in [0, 0.05) is 5.69 Å². The molecule has 104 valence electrons. The summed E-state index contributed by atoms with van der Waals surface area (Å²) in [4.78, 5) is 0. The summed E-state index contributed by atoms with van der Waals surface area (Å²) < 4.78 is 15.9. The molecule has 4 rings (SSSR count). The molecule has 2 aliphatic carbocycles. The summed E-state index contributed by atoms with van der Waals surface area (Å²) in [7, 11) is 0. The Morgan fingerprint density at radius 3 is 2.85 bits per heavy atom. The summed E-state index contributed by atoms with van der Waals surface area (Å²) in [6.07, 6.45) is 4.92. The first kappa shape index (κ1) is 11.8. The van der Waals surface area contributed by atoms with E-state index in [1.807, 2.05) is 4.68 Å². The van der Waals surface area contributed by atoms with Crippen LogP contribution in [-0.2, 0) is 0 Å². The highest BCUT2D eigenvalue weighted by Crippen LogP contribution is 2.51. The van der Waals surface area contributed by atoms with Crippen molar-refractivity contribution in [2.75, 3.05) is 5.73 Å². The highest BCUT2D eigenvalue weighted by Gasteiger charge is 2.42. The molecule has 2 aliphatic rings. The Morgan fingerprint density at radius 1 is 1.25 bits per heavy atom. The van der Waals surface area contributed by atoms with Gasteiger partial charge in [-0.1, -0.05) is 6.42 Å². The summed E-state index contributed by atoms with van der Waals surface area (Å²) in [6.45, 7) is 0. The quantitative estimate of drug-likeness (QED) is 0.853. The second-order valence-electron chi connectivity index (χ2n) is 5.93. The van der Waals surface area contributed by atoms with Crippen LogP contribution in [0.5, 0.6) is 0 Å². The van der Waals surface area contributed by atoms with E-state index in [1.165, 1.54) is 25.3 Å². The maximum atomic E-state index is 14.1. The summed E-state index contributed by atoms with van der Waals surface area (Å²) >= 11 is 0. The minimum Gasteiger partial charge on any atom is -0.399 e. The van der Waals surface area contributed by atoms with E-state index in [-0.39, 0.29) is 5.82 Å². The van der Waals surface area contributed by atoms with Crippen molar-refractivity contribution in [2.24, 2.45) is 11.8 Å². The molecular formula is C14H16FN5. The van der Waals surface area contributed by atoms with Gasteiger partial charge in [-0.25, -0.2) is 9.07 Å². The Bertz CT molecular complexity index is 653. The Hall–Kier alpha value is -1.98. The second-order valence-corrected chi connectivity index (χ2v) is 5.93. The van der Waals surface area contributed by atoms with Crippen molar-refractivity contribution in [3.63, 3.8) is 0 Å². The summed E-state index contributed by atoms with van der Waals surface area (Å²) in [5.41, 5.74) is 6.42. The molecule has 20 heavy (non-hydrogen) atoms. The van der Waals surface area contributed by atoms with Crippen LogP contribution in [0.4, 0.5) is 10.1 Å². The van der Waals surface area contributed by atoms with Crippen molar-refractivity contribution < 1.29 is 4.39 Å². The minimum atomic E-state index is -0.371. The van der Waals surface area contributed by atoms with Crippen molar-refractivity contribution in [3.05, 3.63) is 24.0 Å². The van der Waals surface area contributed by atoms with Crippen molar-refractivity contribution in [2.45, 2.75) is 31.7 Å². The predicted molar refractivity (Wildman–Crippen MR) is 72.1 cm³/mol. The molecule has 3 atom stereocenters. The van der Waals surface area contributed by atoms with Gasteiger partial charge in [-0.2, -0.15) is 0 Å². The van der Waals surface area contributed by atoms with Crippen LogP contribution >= 0.6 is 0 Å². The number of tetrazole rings is 1. The number of nitrogen functional groups attached to an aromatic ring is 1. The maximum Gasteiger partial charge on any atom is 0.185 e. The Labute approximate surface area is 116 Å². The van der Waals surface area contributed by atoms with Gasteiger partial charge < -0.3 is 5.73 Å². The molecule has 0 spiro atoms. The molecule has 3 unspecified atom stereocenters. The zero-order chi connectivity index (χ0) is 13.7. The fourth-order valence-electron chi connectivity index (χ4n) is 3.82. The average molecular weight is 273 g/mol. The molecule has 1 heterocycles. The lowest BCUT2D eigenvalue weighted by molar-refractivity contribution is 0.304. The molecule has 0 amide bonds. The predicted octanol–water partition coefficient (Wildman–Crippen LogP) is 2.42. The van der Waals surface area contributed by atoms with E-state index in [0.717, 1.165) is 12.3 Å². The lowest BCUT2D eigenvalue weighted by atomic mass is 9.95. The molecule has 6 heteroatoms. The van der Waals surface area contributed by atoms with Gasteiger partial charge >= 0.3 is 0 Å². The molecule has 2 N–H and O–H groups in total. The third-order valence-corrected chi connectivity index (χ3v) is 4.74. The maximum absolute atomic E-state index is 14.1. The van der Waals surface area contributed by atoms with Gasteiger partial charge in [0.25, 0.3) is 0 Å². The zero-order valence-electron chi connectivity index (χ0n) is 11.0. The van der Waals surface area contributed by atoms with Crippen molar-refractivity contribution in [1.82, 2.24) is 20.2 Å². The van der Waals surface area contributed by atoms with Crippen LogP contribution in [0.2, 0.25) is 0 Å². The van der Waals surface area contributed by atoms with Gasteiger partial charge in [-0.15, -0.1) is 5.10 Å².